The number of nitrogens with one attached hydrogen (secondary N) is 1. The number of methoxy groups -OCH3 is 1. The maximum absolute atomic E-state index is 13.7. The van der Waals surface area contributed by atoms with E-state index in [0.717, 1.165) is 42.3 Å². The van der Waals surface area contributed by atoms with Gasteiger partial charge in [-0.2, -0.15) is 4.98 Å². The number of benzene rings is 1. The number of nitrogens with zero attached hydrogens (tertiary/aromatic N) is 3. The van der Waals surface area contributed by atoms with E-state index < -0.39 is 0 Å². The molecule has 1 aliphatic carbocycles. The molecule has 2 unspecified atom stereocenters. The molecular formula is C17H19FN4O. The largest absolute Gasteiger partial charge is 0.494 e. The summed E-state index contributed by atoms with van der Waals surface area (Å²) in [5, 5.41) is 3.23. The predicted octanol–water partition coefficient (Wildman–Crippen LogP) is 2.69. The third-order valence-corrected chi connectivity index (χ3v) is 4.59. The minimum atomic E-state index is -0.355. The fourth-order valence-electron chi connectivity index (χ4n) is 3.17. The van der Waals surface area contributed by atoms with Gasteiger partial charge < -0.3 is 15.0 Å². The van der Waals surface area contributed by atoms with E-state index in [2.05, 4.69) is 20.2 Å². The summed E-state index contributed by atoms with van der Waals surface area (Å²) >= 11 is 0. The van der Waals surface area contributed by atoms with Gasteiger partial charge in [-0.05, 0) is 42.0 Å². The molecule has 2 aromatic rings. The number of anilines is 2. The summed E-state index contributed by atoms with van der Waals surface area (Å²) in [6.45, 7) is 2.64. The monoisotopic (exact) mass is 314 g/mol. The molecule has 120 valence electrons. The smallest absolute Gasteiger partial charge is 0.227 e. The average molecular weight is 314 g/mol. The first-order chi connectivity index (χ1) is 11.2. The Kier molecular flexibility index (Phi) is 3.52. The number of rotatable bonds is 5. The van der Waals surface area contributed by atoms with E-state index in [0.29, 0.717) is 6.54 Å². The van der Waals surface area contributed by atoms with Crippen LogP contribution in [0.25, 0.3) is 0 Å². The summed E-state index contributed by atoms with van der Waals surface area (Å²) in [6.07, 6.45) is 3.13. The maximum atomic E-state index is 13.7. The zero-order chi connectivity index (χ0) is 15.8. The first-order valence-electron chi connectivity index (χ1n) is 7.87. The van der Waals surface area contributed by atoms with Crippen molar-refractivity contribution in [3.05, 3.63) is 41.8 Å². The summed E-state index contributed by atoms with van der Waals surface area (Å²) in [7, 11) is 1.46. The van der Waals surface area contributed by atoms with Gasteiger partial charge in [0.05, 0.1) is 7.11 Å². The Morgan fingerprint density at radius 1 is 1.30 bits per heavy atom. The maximum Gasteiger partial charge on any atom is 0.227 e. The fraction of sp³-hybridized carbons (Fsp3) is 0.412. The number of hydrogen-bond acceptors (Lipinski definition) is 5. The van der Waals surface area contributed by atoms with Crippen molar-refractivity contribution in [3.8, 4) is 5.75 Å². The molecule has 2 aliphatic rings. The Balaban J connectivity index is 1.41. The zero-order valence-electron chi connectivity index (χ0n) is 13.0. The molecule has 1 aromatic carbocycles. The zero-order valence-corrected chi connectivity index (χ0v) is 13.0. The Labute approximate surface area is 134 Å². The third-order valence-electron chi connectivity index (χ3n) is 4.59. The molecule has 1 aliphatic heterocycles. The van der Waals surface area contributed by atoms with Crippen LogP contribution in [0.3, 0.4) is 0 Å². The van der Waals surface area contributed by atoms with E-state index in [4.69, 9.17) is 4.74 Å². The molecule has 4 rings (SSSR count). The van der Waals surface area contributed by atoms with Gasteiger partial charge >= 0.3 is 0 Å². The van der Waals surface area contributed by atoms with E-state index >= 15 is 0 Å². The first kappa shape index (κ1) is 14.2. The topological polar surface area (TPSA) is 50.3 Å². The van der Waals surface area contributed by atoms with Crippen LogP contribution in [0.5, 0.6) is 5.75 Å². The molecule has 23 heavy (non-hydrogen) atoms. The van der Waals surface area contributed by atoms with Gasteiger partial charge in [0.15, 0.2) is 11.6 Å². The second kappa shape index (κ2) is 5.68. The van der Waals surface area contributed by atoms with Crippen molar-refractivity contribution in [2.45, 2.75) is 13.0 Å². The molecule has 2 atom stereocenters. The summed E-state index contributed by atoms with van der Waals surface area (Å²) in [4.78, 5) is 11.2. The Hall–Kier alpha value is -2.37. The van der Waals surface area contributed by atoms with Gasteiger partial charge in [-0.1, -0.05) is 6.07 Å². The molecular weight excluding hydrogens is 295 g/mol. The van der Waals surface area contributed by atoms with Crippen LogP contribution in [-0.2, 0) is 6.54 Å². The van der Waals surface area contributed by atoms with Crippen LogP contribution in [0.2, 0.25) is 0 Å². The van der Waals surface area contributed by atoms with Crippen molar-refractivity contribution in [2.75, 3.05) is 30.4 Å². The molecule has 2 fully saturated rings. The van der Waals surface area contributed by atoms with Crippen LogP contribution < -0.4 is 15.0 Å². The van der Waals surface area contributed by atoms with Crippen molar-refractivity contribution in [3.63, 3.8) is 0 Å². The molecule has 0 spiro atoms. The van der Waals surface area contributed by atoms with E-state index in [1.165, 1.54) is 19.6 Å². The highest BCUT2D eigenvalue weighted by atomic mass is 19.1. The summed E-state index contributed by atoms with van der Waals surface area (Å²) in [5.41, 5.74) is 0.839. The van der Waals surface area contributed by atoms with E-state index in [9.17, 15) is 4.39 Å². The lowest BCUT2D eigenvalue weighted by Crippen LogP contribution is -2.24. The number of aromatic nitrogens is 2. The third kappa shape index (κ3) is 2.93. The number of fused-ring (bicyclic) bond motifs is 1. The number of piperidine rings is 1. The van der Waals surface area contributed by atoms with Crippen LogP contribution in [0.4, 0.5) is 16.2 Å². The number of hydrogen-bond donors (Lipinski definition) is 1. The Morgan fingerprint density at radius 3 is 2.87 bits per heavy atom. The van der Waals surface area contributed by atoms with Gasteiger partial charge in [0.1, 0.15) is 5.82 Å². The Morgan fingerprint density at radius 2 is 2.13 bits per heavy atom. The lowest BCUT2D eigenvalue weighted by atomic mass is 10.2. The van der Waals surface area contributed by atoms with Gasteiger partial charge in [-0.3, -0.25) is 0 Å². The van der Waals surface area contributed by atoms with Crippen LogP contribution in [0, 0.1) is 17.7 Å². The highest BCUT2D eigenvalue weighted by Crippen LogP contribution is 2.45. The first-order valence-corrected chi connectivity index (χ1v) is 7.87. The molecule has 0 amide bonds. The van der Waals surface area contributed by atoms with Crippen molar-refractivity contribution in [1.29, 1.82) is 0 Å². The summed E-state index contributed by atoms with van der Waals surface area (Å²) < 4.78 is 18.6. The van der Waals surface area contributed by atoms with Crippen LogP contribution in [0.1, 0.15) is 12.0 Å². The average Bonchev–Trinajstić information content (AvgIpc) is 3.19. The van der Waals surface area contributed by atoms with Crippen molar-refractivity contribution in [1.82, 2.24) is 9.97 Å². The van der Waals surface area contributed by atoms with E-state index in [1.807, 2.05) is 12.1 Å². The van der Waals surface area contributed by atoms with Gasteiger partial charge in [0, 0.05) is 25.8 Å². The van der Waals surface area contributed by atoms with Crippen molar-refractivity contribution >= 4 is 11.8 Å². The minimum absolute atomic E-state index is 0.255. The molecule has 1 N–H and O–H groups in total. The van der Waals surface area contributed by atoms with E-state index in [-0.39, 0.29) is 11.6 Å². The summed E-state index contributed by atoms with van der Waals surface area (Å²) in [6, 6.07) is 6.78. The van der Waals surface area contributed by atoms with Gasteiger partial charge in [-0.25, -0.2) is 9.37 Å². The standard InChI is InChI=1S/C17H19FN4O/c1-23-15-3-2-11(6-14(15)18)8-20-16-4-5-19-17(21-16)22-9-12-7-13(12)10-22/h2-6,12-13H,7-10H2,1H3,(H,19,20,21). The van der Waals surface area contributed by atoms with Crippen LogP contribution in [-0.4, -0.2) is 30.2 Å². The highest BCUT2D eigenvalue weighted by molar-refractivity contribution is 5.43. The highest BCUT2D eigenvalue weighted by Gasteiger charge is 2.45. The lowest BCUT2D eigenvalue weighted by Gasteiger charge is -2.18. The second-order valence-corrected chi connectivity index (χ2v) is 6.23. The number of ether oxygens (including phenoxy) is 1. The molecule has 0 bridgehead atoms. The number of halogens is 1. The molecule has 6 heteroatoms. The fourth-order valence-corrected chi connectivity index (χ4v) is 3.17. The quantitative estimate of drug-likeness (QED) is 0.919. The molecule has 1 aromatic heterocycles. The van der Waals surface area contributed by atoms with Gasteiger partial charge in [0.25, 0.3) is 0 Å². The molecule has 1 saturated carbocycles. The van der Waals surface area contributed by atoms with Gasteiger partial charge in [0.2, 0.25) is 5.95 Å². The van der Waals surface area contributed by atoms with E-state index in [1.54, 1.807) is 12.3 Å². The molecule has 1 saturated heterocycles. The van der Waals surface area contributed by atoms with Crippen LogP contribution in [0.15, 0.2) is 30.5 Å². The second-order valence-electron chi connectivity index (χ2n) is 6.23. The molecule has 2 heterocycles. The van der Waals surface area contributed by atoms with Crippen molar-refractivity contribution in [2.24, 2.45) is 11.8 Å². The molecule has 5 nitrogen and oxygen atoms in total. The predicted molar refractivity (Wildman–Crippen MR) is 86.1 cm³/mol. The van der Waals surface area contributed by atoms with Crippen LogP contribution >= 0.6 is 0 Å². The SMILES string of the molecule is COc1ccc(CNc2ccnc(N3CC4CC4C3)n2)cc1F. The lowest BCUT2D eigenvalue weighted by molar-refractivity contribution is 0.386. The normalized spacial score (nSPS) is 21.9. The summed E-state index contributed by atoms with van der Waals surface area (Å²) in [5.74, 6) is 3.13. The minimum Gasteiger partial charge on any atom is -0.494 e. The Bertz CT molecular complexity index is 713. The van der Waals surface area contributed by atoms with Gasteiger partial charge in [-0.15, -0.1) is 0 Å². The van der Waals surface area contributed by atoms with Crippen molar-refractivity contribution < 1.29 is 9.13 Å². The molecule has 0 radical (unpaired) electrons.